The second-order valence-corrected chi connectivity index (χ2v) is 16.8. The molecule has 2 amide bonds. The van der Waals surface area contributed by atoms with E-state index in [0.29, 0.717) is 29.7 Å². The lowest BCUT2D eigenvalue weighted by molar-refractivity contribution is -0.133. The number of rotatable bonds is 13. The van der Waals surface area contributed by atoms with E-state index in [1.807, 2.05) is 24.3 Å². The molecule has 0 aromatic heterocycles. The number of hydrazone groups is 1. The molecule has 1 saturated carbocycles. The number of hydrogen-bond donors (Lipinski definition) is 4. The zero-order valence-corrected chi connectivity index (χ0v) is 31.2. The van der Waals surface area contributed by atoms with Gasteiger partial charge in [-0.1, -0.05) is 67.5 Å². The molecule has 0 bridgehead atoms. The Morgan fingerprint density at radius 2 is 1.73 bits per heavy atom. The molecule has 0 radical (unpaired) electrons. The van der Waals surface area contributed by atoms with E-state index >= 15 is 0 Å². The fourth-order valence-corrected chi connectivity index (χ4v) is 7.08. The maximum atomic E-state index is 14.9. The normalized spacial score (nSPS) is 22.5. The predicted molar refractivity (Wildman–Crippen MR) is 198 cm³/mol. The van der Waals surface area contributed by atoms with E-state index in [0.717, 1.165) is 74.7 Å². The van der Waals surface area contributed by atoms with Gasteiger partial charge in [-0.25, -0.2) is 11.4 Å². The molecule has 2 aliphatic carbocycles. The molecular formula is C39H61N7O3. The zero-order chi connectivity index (χ0) is 36.0. The van der Waals surface area contributed by atoms with Gasteiger partial charge < -0.3 is 20.7 Å². The number of allylic oxidation sites excluding steroid dienone is 2. The van der Waals surface area contributed by atoms with Gasteiger partial charge in [0.1, 0.15) is 23.0 Å². The SMILES string of the molecule is CC(C)C1CCC2(CC1)N=C(C1=CC(OCCC(C)(C)C)=CCC1)C(=O)N2[C@H](CCC(C)(C)C)c1ccc(C(=O)NC/C(N)=N/NN)cc1. The van der Waals surface area contributed by atoms with Crippen molar-refractivity contribution in [1.82, 2.24) is 15.8 Å². The predicted octanol–water partition coefficient (Wildman–Crippen LogP) is 6.90. The average molecular weight is 676 g/mol. The monoisotopic (exact) mass is 675 g/mol. The smallest absolute Gasteiger partial charge is 0.274 e. The van der Waals surface area contributed by atoms with E-state index in [2.05, 4.69) is 88.4 Å². The first-order valence-corrected chi connectivity index (χ1v) is 18.2. The number of nitrogens with one attached hydrogen (secondary N) is 2. The fourth-order valence-electron chi connectivity index (χ4n) is 7.08. The van der Waals surface area contributed by atoms with Crippen LogP contribution < -0.4 is 22.4 Å². The molecule has 1 aliphatic heterocycles. The number of amides is 2. The zero-order valence-electron chi connectivity index (χ0n) is 31.2. The summed E-state index contributed by atoms with van der Waals surface area (Å²) in [5.41, 5.74) is 10.6. The highest BCUT2D eigenvalue weighted by Gasteiger charge is 2.52. The van der Waals surface area contributed by atoms with Gasteiger partial charge in [-0.3, -0.25) is 14.6 Å². The maximum absolute atomic E-state index is 14.9. The fraction of sp³-hybridized carbons (Fsp3) is 0.641. The molecule has 0 saturated heterocycles. The molecule has 3 aliphatic rings. The number of hydrogen-bond acceptors (Lipinski definition) is 7. The third kappa shape index (κ3) is 10.2. The van der Waals surface area contributed by atoms with Crippen LogP contribution in [0.2, 0.25) is 0 Å². The van der Waals surface area contributed by atoms with Gasteiger partial charge in [0.05, 0.1) is 19.2 Å². The van der Waals surface area contributed by atoms with E-state index in [1.165, 1.54) is 0 Å². The Kier molecular flexibility index (Phi) is 12.4. The molecule has 1 atom stereocenters. The van der Waals surface area contributed by atoms with Crippen LogP contribution in [0.5, 0.6) is 0 Å². The number of nitrogens with two attached hydrogens (primary N) is 2. The van der Waals surface area contributed by atoms with Gasteiger partial charge in [-0.05, 0) is 116 Å². The number of hydrazine groups is 1. The summed E-state index contributed by atoms with van der Waals surface area (Å²) < 4.78 is 6.20. The largest absolute Gasteiger partial charge is 0.494 e. The first kappa shape index (κ1) is 38.1. The van der Waals surface area contributed by atoms with Crippen LogP contribution in [-0.2, 0) is 9.53 Å². The van der Waals surface area contributed by atoms with Crippen LogP contribution in [0.4, 0.5) is 0 Å². The van der Waals surface area contributed by atoms with Crippen LogP contribution in [0.1, 0.15) is 135 Å². The number of ether oxygens (including phenoxy) is 1. The van der Waals surface area contributed by atoms with Crippen molar-refractivity contribution < 1.29 is 14.3 Å². The summed E-state index contributed by atoms with van der Waals surface area (Å²) in [4.78, 5) is 35.3. The second-order valence-electron chi connectivity index (χ2n) is 16.8. The summed E-state index contributed by atoms with van der Waals surface area (Å²) in [7, 11) is 0. The first-order chi connectivity index (χ1) is 23.0. The topological polar surface area (TPSA) is 147 Å². The Labute approximate surface area is 294 Å². The molecule has 1 heterocycles. The summed E-state index contributed by atoms with van der Waals surface area (Å²) in [6.07, 6.45) is 12.2. The van der Waals surface area contributed by atoms with Crippen LogP contribution in [0, 0.1) is 22.7 Å². The maximum Gasteiger partial charge on any atom is 0.274 e. The van der Waals surface area contributed by atoms with E-state index in [1.54, 1.807) is 0 Å². The number of aliphatic imine (C=N–C) groups is 1. The summed E-state index contributed by atoms with van der Waals surface area (Å²) in [5.74, 6) is 7.14. The third-order valence-corrected chi connectivity index (χ3v) is 10.1. The third-order valence-electron chi connectivity index (χ3n) is 10.1. The molecule has 10 heteroatoms. The van der Waals surface area contributed by atoms with Gasteiger partial charge in [0.2, 0.25) is 0 Å². The Hall–Kier alpha value is -3.66. The molecule has 0 unspecified atom stereocenters. The highest BCUT2D eigenvalue weighted by molar-refractivity contribution is 6.46. The number of carbonyl (C=O) groups excluding carboxylic acids is 2. The summed E-state index contributed by atoms with van der Waals surface area (Å²) in [5, 5.41) is 6.46. The molecule has 49 heavy (non-hydrogen) atoms. The second kappa shape index (κ2) is 15.9. The van der Waals surface area contributed by atoms with Gasteiger partial charge >= 0.3 is 0 Å². The Morgan fingerprint density at radius 3 is 2.33 bits per heavy atom. The minimum Gasteiger partial charge on any atom is -0.494 e. The van der Waals surface area contributed by atoms with Crippen molar-refractivity contribution in [3.8, 4) is 0 Å². The summed E-state index contributed by atoms with van der Waals surface area (Å²) >= 11 is 0. The van der Waals surface area contributed by atoms with Gasteiger partial charge in [-0.15, -0.1) is 0 Å². The molecular weight excluding hydrogens is 614 g/mol. The van der Waals surface area contributed by atoms with E-state index in [9.17, 15) is 9.59 Å². The number of benzene rings is 1. The van der Waals surface area contributed by atoms with Crippen molar-refractivity contribution in [2.24, 2.45) is 44.3 Å². The van der Waals surface area contributed by atoms with Gasteiger partial charge in [0.15, 0.2) is 0 Å². The number of nitrogens with zero attached hydrogens (tertiary/aromatic N) is 3. The quantitative estimate of drug-likeness (QED) is 0.0774. The van der Waals surface area contributed by atoms with Crippen LogP contribution in [0.15, 0.2) is 57.8 Å². The lowest BCUT2D eigenvalue weighted by atomic mass is 9.75. The first-order valence-electron chi connectivity index (χ1n) is 18.2. The number of carbonyl (C=O) groups is 2. The Bertz CT molecular complexity index is 1440. The molecule has 1 fully saturated rings. The molecule has 4 rings (SSSR count). The molecule has 1 aromatic carbocycles. The molecule has 1 spiro atoms. The minimum atomic E-state index is -0.598. The summed E-state index contributed by atoms with van der Waals surface area (Å²) in [6, 6.07) is 7.43. The van der Waals surface area contributed by atoms with Crippen molar-refractivity contribution in [3.05, 3.63) is 58.9 Å². The van der Waals surface area contributed by atoms with Crippen molar-refractivity contribution in [1.29, 1.82) is 0 Å². The van der Waals surface area contributed by atoms with Crippen molar-refractivity contribution in [3.63, 3.8) is 0 Å². The molecule has 10 nitrogen and oxygen atoms in total. The Balaban J connectivity index is 1.68. The van der Waals surface area contributed by atoms with Gasteiger partial charge in [0.25, 0.3) is 11.8 Å². The van der Waals surface area contributed by atoms with Gasteiger partial charge in [0, 0.05) is 5.56 Å². The molecule has 1 aromatic rings. The van der Waals surface area contributed by atoms with E-state index < -0.39 is 5.66 Å². The van der Waals surface area contributed by atoms with E-state index in [-0.39, 0.29) is 41.1 Å². The van der Waals surface area contributed by atoms with Crippen molar-refractivity contribution in [2.75, 3.05) is 13.2 Å². The average Bonchev–Trinajstić information content (AvgIpc) is 3.30. The van der Waals surface area contributed by atoms with Crippen molar-refractivity contribution >= 4 is 23.4 Å². The van der Waals surface area contributed by atoms with Crippen LogP contribution in [0.3, 0.4) is 0 Å². The highest BCUT2D eigenvalue weighted by atomic mass is 16.5. The Morgan fingerprint density at radius 1 is 1.08 bits per heavy atom. The molecule has 6 N–H and O–H groups in total. The van der Waals surface area contributed by atoms with Crippen LogP contribution >= 0.6 is 0 Å². The lowest BCUT2D eigenvalue weighted by Crippen LogP contribution is -2.51. The van der Waals surface area contributed by atoms with Crippen LogP contribution in [0.25, 0.3) is 0 Å². The standard InChI is InChI=1S/C39H61N7O3/c1-26(2)27-16-20-39(21-17-27)43-34(30-10-9-11-31(24-30)49-23-22-38(6,7)8)36(48)46(39)32(18-19-37(3,4)5)28-12-14-29(15-13-28)35(47)42-25-33(40)44-45-41/h11-15,24,26-27,32,45H,9-10,16-23,25,41H2,1-8H3,(H2,40,44)(H,42,47)/t27?,32-,39?/m1/s1. The molecule has 270 valence electrons. The lowest BCUT2D eigenvalue weighted by Gasteiger charge is -2.46. The van der Waals surface area contributed by atoms with Crippen LogP contribution in [-0.4, -0.2) is 47.1 Å². The van der Waals surface area contributed by atoms with E-state index in [4.69, 9.17) is 21.3 Å². The van der Waals surface area contributed by atoms with Gasteiger partial charge in [-0.2, -0.15) is 5.10 Å². The minimum absolute atomic E-state index is 0.00851. The highest BCUT2D eigenvalue weighted by Crippen LogP contribution is 2.49. The number of amidine groups is 1. The van der Waals surface area contributed by atoms with Crippen molar-refractivity contribution in [2.45, 2.75) is 125 Å². The summed E-state index contributed by atoms with van der Waals surface area (Å²) in [6.45, 7) is 18.7.